The predicted molar refractivity (Wildman–Crippen MR) is 58.8 cm³/mol. The number of carbonyl (C=O) groups is 2. The highest BCUT2D eigenvalue weighted by Crippen LogP contribution is 2.21. The van der Waals surface area contributed by atoms with Gasteiger partial charge in [-0.3, -0.25) is 4.79 Å². The van der Waals surface area contributed by atoms with E-state index < -0.39 is 30.6 Å². The Morgan fingerprint density at radius 2 is 1.94 bits per heavy atom. The van der Waals surface area contributed by atoms with E-state index in [1.165, 1.54) is 0 Å². The number of hydrogen-bond acceptors (Lipinski definition) is 6. The molecule has 0 saturated carbocycles. The summed E-state index contributed by atoms with van der Waals surface area (Å²) in [5.41, 5.74) is 4.97. The van der Waals surface area contributed by atoms with E-state index in [2.05, 4.69) is 4.98 Å². The van der Waals surface area contributed by atoms with Gasteiger partial charge in [0.2, 0.25) is 0 Å². The van der Waals surface area contributed by atoms with Gasteiger partial charge in [0, 0.05) is 11.8 Å². The number of nitrogen functional groups attached to an aromatic ring is 1. The van der Waals surface area contributed by atoms with Crippen molar-refractivity contribution in [1.82, 2.24) is 4.98 Å². The Hall–Kier alpha value is -2.19. The molecule has 98 valence electrons. The standard InChI is InChI=1S/C10H12N2O6/c11-9-5(10(17)18)1-4(3-12-9)8(16)6(13)2-7(14)15/h1,3,6,8,13,16H,2H2,(H2,11,12)(H,14,15)(H,17,18). The minimum absolute atomic E-state index is 0.0182. The lowest BCUT2D eigenvalue weighted by atomic mass is 10.0. The number of aliphatic carboxylic acids is 1. The predicted octanol–water partition coefficient (Wildman–Crippen LogP) is -0.769. The average Bonchev–Trinajstić information content (AvgIpc) is 2.27. The van der Waals surface area contributed by atoms with Crippen LogP contribution in [0.1, 0.15) is 28.4 Å². The molecule has 0 aromatic carbocycles. The molecule has 1 aromatic rings. The molecule has 0 radical (unpaired) electrons. The molecule has 1 rings (SSSR count). The van der Waals surface area contributed by atoms with Crippen molar-refractivity contribution in [1.29, 1.82) is 0 Å². The zero-order chi connectivity index (χ0) is 13.9. The van der Waals surface area contributed by atoms with Crippen molar-refractivity contribution in [3.63, 3.8) is 0 Å². The Balaban J connectivity index is 2.99. The van der Waals surface area contributed by atoms with Gasteiger partial charge in [-0.25, -0.2) is 9.78 Å². The van der Waals surface area contributed by atoms with E-state index in [0.29, 0.717) is 0 Å². The van der Waals surface area contributed by atoms with Crippen molar-refractivity contribution in [2.24, 2.45) is 0 Å². The number of anilines is 1. The van der Waals surface area contributed by atoms with Crippen LogP contribution in [0.5, 0.6) is 0 Å². The summed E-state index contributed by atoms with van der Waals surface area (Å²) in [6.45, 7) is 0. The van der Waals surface area contributed by atoms with E-state index in [1.54, 1.807) is 0 Å². The number of nitrogens with zero attached hydrogens (tertiary/aromatic N) is 1. The molecule has 0 aliphatic heterocycles. The Bertz CT molecular complexity index is 475. The third-order valence-corrected chi connectivity index (χ3v) is 2.26. The summed E-state index contributed by atoms with van der Waals surface area (Å²) in [5.74, 6) is -2.85. The molecular formula is C10H12N2O6. The van der Waals surface area contributed by atoms with Gasteiger partial charge in [0.15, 0.2) is 0 Å². The minimum atomic E-state index is -1.56. The van der Waals surface area contributed by atoms with Gasteiger partial charge < -0.3 is 26.2 Å². The second kappa shape index (κ2) is 5.43. The number of aliphatic hydroxyl groups is 2. The lowest BCUT2D eigenvalue weighted by Crippen LogP contribution is -2.22. The lowest BCUT2D eigenvalue weighted by Gasteiger charge is -2.16. The average molecular weight is 256 g/mol. The van der Waals surface area contributed by atoms with Crippen LogP contribution >= 0.6 is 0 Å². The molecule has 0 amide bonds. The van der Waals surface area contributed by atoms with Crippen LogP contribution in [0.15, 0.2) is 12.3 Å². The van der Waals surface area contributed by atoms with E-state index in [-0.39, 0.29) is 16.9 Å². The zero-order valence-corrected chi connectivity index (χ0v) is 9.15. The minimum Gasteiger partial charge on any atom is -0.481 e. The highest BCUT2D eigenvalue weighted by Gasteiger charge is 2.23. The fourth-order valence-corrected chi connectivity index (χ4v) is 1.34. The Morgan fingerprint density at radius 3 is 2.44 bits per heavy atom. The largest absolute Gasteiger partial charge is 0.481 e. The first-order valence-electron chi connectivity index (χ1n) is 4.89. The van der Waals surface area contributed by atoms with E-state index >= 15 is 0 Å². The van der Waals surface area contributed by atoms with Gasteiger partial charge in [-0.2, -0.15) is 0 Å². The van der Waals surface area contributed by atoms with Gasteiger partial charge in [-0.05, 0) is 6.07 Å². The van der Waals surface area contributed by atoms with E-state index in [0.717, 1.165) is 12.3 Å². The number of hydrogen-bond donors (Lipinski definition) is 5. The Kier molecular flexibility index (Phi) is 4.18. The smallest absolute Gasteiger partial charge is 0.339 e. The van der Waals surface area contributed by atoms with Crippen molar-refractivity contribution in [2.75, 3.05) is 5.73 Å². The number of carboxylic acid groups (broad SMARTS) is 2. The zero-order valence-electron chi connectivity index (χ0n) is 9.15. The molecule has 0 saturated heterocycles. The van der Waals surface area contributed by atoms with E-state index in [4.69, 9.17) is 15.9 Å². The van der Waals surface area contributed by atoms with Crippen LogP contribution in [0.2, 0.25) is 0 Å². The lowest BCUT2D eigenvalue weighted by molar-refractivity contribution is -0.141. The number of carboxylic acids is 2. The molecule has 8 heteroatoms. The quantitative estimate of drug-likeness (QED) is 0.460. The molecule has 2 atom stereocenters. The highest BCUT2D eigenvalue weighted by molar-refractivity contribution is 5.92. The van der Waals surface area contributed by atoms with Crippen LogP contribution in [0.3, 0.4) is 0 Å². The van der Waals surface area contributed by atoms with Gasteiger partial charge in [0.25, 0.3) is 0 Å². The molecule has 1 aromatic heterocycles. The molecule has 1 heterocycles. The first-order chi connectivity index (χ1) is 8.32. The first-order valence-corrected chi connectivity index (χ1v) is 4.89. The first kappa shape index (κ1) is 13.9. The van der Waals surface area contributed by atoms with E-state index in [9.17, 15) is 19.8 Å². The van der Waals surface area contributed by atoms with Crippen LogP contribution in [-0.2, 0) is 4.79 Å². The Labute approximate surface area is 101 Å². The normalized spacial score (nSPS) is 13.9. The summed E-state index contributed by atoms with van der Waals surface area (Å²) in [7, 11) is 0. The van der Waals surface area contributed by atoms with Gasteiger partial charge >= 0.3 is 11.9 Å². The third-order valence-electron chi connectivity index (χ3n) is 2.26. The maximum Gasteiger partial charge on any atom is 0.339 e. The summed E-state index contributed by atoms with van der Waals surface area (Å²) >= 11 is 0. The summed E-state index contributed by atoms with van der Waals surface area (Å²) in [6, 6.07) is 1.04. The summed E-state index contributed by atoms with van der Waals surface area (Å²) in [5, 5.41) is 36.3. The summed E-state index contributed by atoms with van der Waals surface area (Å²) < 4.78 is 0. The van der Waals surface area contributed by atoms with Crippen molar-refractivity contribution >= 4 is 17.8 Å². The molecule has 0 fully saturated rings. The number of nitrogens with two attached hydrogens (primary N) is 1. The Morgan fingerprint density at radius 1 is 1.33 bits per heavy atom. The monoisotopic (exact) mass is 256 g/mol. The van der Waals surface area contributed by atoms with Gasteiger partial charge in [0.1, 0.15) is 17.5 Å². The van der Waals surface area contributed by atoms with Crippen LogP contribution < -0.4 is 5.73 Å². The van der Waals surface area contributed by atoms with Crippen molar-refractivity contribution in [3.05, 3.63) is 23.4 Å². The van der Waals surface area contributed by atoms with E-state index in [1.807, 2.05) is 0 Å². The van der Waals surface area contributed by atoms with Gasteiger partial charge in [-0.1, -0.05) is 0 Å². The number of aromatic nitrogens is 1. The molecule has 0 bridgehead atoms. The molecule has 0 aliphatic carbocycles. The number of aromatic carboxylic acids is 1. The van der Waals surface area contributed by atoms with Gasteiger partial charge in [-0.15, -0.1) is 0 Å². The van der Waals surface area contributed by atoms with Crippen LogP contribution in [0, 0.1) is 0 Å². The topological polar surface area (TPSA) is 154 Å². The molecule has 0 aliphatic rings. The number of rotatable bonds is 5. The molecular weight excluding hydrogens is 244 g/mol. The molecule has 6 N–H and O–H groups in total. The summed E-state index contributed by atoms with van der Waals surface area (Å²) in [6.07, 6.45) is -2.70. The number of pyridine rings is 1. The maximum absolute atomic E-state index is 10.8. The molecule has 0 spiro atoms. The van der Waals surface area contributed by atoms with Crippen LogP contribution in [0.4, 0.5) is 5.82 Å². The molecule has 2 unspecified atom stereocenters. The highest BCUT2D eigenvalue weighted by atomic mass is 16.4. The maximum atomic E-state index is 10.8. The van der Waals surface area contributed by atoms with Crippen molar-refractivity contribution < 1.29 is 30.0 Å². The molecule has 8 nitrogen and oxygen atoms in total. The molecule has 18 heavy (non-hydrogen) atoms. The number of aliphatic hydroxyl groups excluding tert-OH is 2. The van der Waals surface area contributed by atoms with Crippen LogP contribution in [-0.4, -0.2) is 43.5 Å². The second-order valence-electron chi connectivity index (χ2n) is 3.62. The summed E-state index contributed by atoms with van der Waals surface area (Å²) in [4.78, 5) is 24.7. The van der Waals surface area contributed by atoms with Crippen LogP contribution in [0.25, 0.3) is 0 Å². The third kappa shape index (κ3) is 3.15. The van der Waals surface area contributed by atoms with Gasteiger partial charge in [0.05, 0.1) is 12.5 Å². The fourth-order valence-electron chi connectivity index (χ4n) is 1.34. The fraction of sp³-hybridized carbons (Fsp3) is 0.300. The SMILES string of the molecule is Nc1ncc(C(O)C(O)CC(=O)O)cc1C(=O)O. The van der Waals surface area contributed by atoms with Crippen molar-refractivity contribution in [3.8, 4) is 0 Å². The second-order valence-corrected chi connectivity index (χ2v) is 3.62. The van der Waals surface area contributed by atoms with Crippen molar-refractivity contribution in [2.45, 2.75) is 18.6 Å².